The van der Waals surface area contributed by atoms with E-state index in [1.807, 2.05) is 26.8 Å². The van der Waals surface area contributed by atoms with E-state index in [-0.39, 0.29) is 18.1 Å². The van der Waals surface area contributed by atoms with Gasteiger partial charge in [-0.25, -0.2) is 0 Å². The highest BCUT2D eigenvalue weighted by atomic mass is 35.5. The van der Waals surface area contributed by atoms with Gasteiger partial charge in [-0.15, -0.1) is 0 Å². The zero-order valence-electron chi connectivity index (χ0n) is 17.0. The fourth-order valence-electron chi connectivity index (χ4n) is 3.32. The van der Waals surface area contributed by atoms with E-state index < -0.39 is 0 Å². The molecular formula is C21H33ClN2O3. The zero-order valence-corrected chi connectivity index (χ0v) is 17.7. The van der Waals surface area contributed by atoms with E-state index in [1.54, 1.807) is 13.2 Å². The summed E-state index contributed by atoms with van der Waals surface area (Å²) in [4.78, 5) is 12.0. The van der Waals surface area contributed by atoms with Gasteiger partial charge < -0.3 is 20.1 Å². The van der Waals surface area contributed by atoms with Gasteiger partial charge in [0.1, 0.15) is 0 Å². The number of hydrogen-bond acceptors (Lipinski definition) is 4. The van der Waals surface area contributed by atoms with Gasteiger partial charge in [0, 0.05) is 29.2 Å². The quantitative estimate of drug-likeness (QED) is 0.668. The van der Waals surface area contributed by atoms with Crippen LogP contribution in [0.3, 0.4) is 0 Å². The van der Waals surface area contributed by atoms with E-state index in [9.17, 15) is 4.79 Å². The normalized spacial score (nSPS) is 15.9. The van der Waals surface area contributed by atoms with Crippen LogP contribution in [-0.2, 0) is 11.3 Å². The van der Waals surface area contributed by atoms with Crippen molar-refractivity contribution >= 4 is 17.5 Å². The molecule has 1 aromatic carbocycles. The van der Waals surface area contributed by atoms with Gasteiger partial charge in [0.2, 0.25) is 0 Å². The standard InChI is InChI=1S/C21H33ClN2O3/c1-21(2,3)24-20(25)14-27-19-12-17(22)15(11-18(19)26-4)13-23-16-9-7-5-6-8-10-16/h11-12,16,23H,5-10,13-14H2,1-4H3,(H,24,25). The fraction of sp³-hybridized carbons (Fsp3) is 0.667. The lowest BCUT2D eigenvalue weighted by molar-refractivity contribution is -0.124. The third-order valence-electron chi connectivity index (χ3n) is 4.64. The third-order valence-corrected chi connectivity index (χ3v) is 4.99. The minimum absolute atomic E-state index is 0.0797. The molecule has 0 spiro atoms. The van der Waals surface area contributed by atoms with E-state index >= 15 is 0 Å². The van der Waals surface area contributed by atoms with Crippen molar-refractivity contribution in [1.29, 1.82) is 0 Å². The lowest BCUT2D eigenvalue weighted by Gasteiger charge is -2.21. The number of methoxy groups -OCH3 is 1. The Morgan fingerprint density at radius 1 is 1.15 bits per heavy atom. The van der Waals surface area contributed by atoms with Gasteiger partial charge in [-0.2, -0.15) is 0 Å². The van der Waals surface area contributed by atoms with Gasteiger partial charge in [-0.1, -0.05) is 37.3 Å². The number of carbonyl (C=O) groups excluding carboxylic acids is 1. The summed E-state index contributed by atoms with van der Waals surface area (Å²) in [5.74, 6) is 0.880. The SMILES string of the molecule is COc1cc(CNC2CCCCCC2)c(Cl)cc1OCC(=O)NC(C)(C)C. The number of amides is 1. The highest BCUT2D eigenvalue weighted by Crippen LogP contribution is 2.33. The molecule has 1 amide bonds. The molecule has 0 unspecified atom stereocenters. The van der Waals surface area contributed by atoms with Crippen molar-refractivity contribution in [2.24, 2.45) is 0 Å². The molecule has 0 radical (unpaired) electrons. The van der Waals surface area contributed by atoms with Gasteiger partial charge >= 0.3 is 0 Å². The van der Waals surface area contributed by atoms with Crippen LogP contribution in [0, 0.1) is 0 Å². The summed E-state index contributed by atoms with van der Waals surface area (Å²) in [7, 11) is 1.59. The maximum atomic E-state index is 12.0. The second-order valence-electron chi connectivity index (χ2n) is 8.25. The summed E-state index contributed by atoms with van der Waals surface area (Å²) in [6.07, 6.45) is 7.69. The number of halogens is 1. The van der Waals surface area contributed by atoms with Crippen molar-refractivity contribution in [2.75, 3.05) is 13.7 Å². The highest BCUT2D eigenvalue weighted by molar-refractivity contribution is 6.31. The van der Waals surface area contributed by atoms with E-state index in [0.29, 0.717) is 29.1 Å². The van der Waals surface area contributed by atoms with Crippen LogP contribution in [0.25, 0.3) is 0 Å². The number of benzene rings is 1. The van der Waals surface area contributed by atoms with Crippen LogP contribution < -0.4 is 20.1 Å². The molecule has 6 heteroatoms. The fourth-order valence-corrected chi connectivity index (χ4v) is 3.54. The highest BCUT2D eigenvalue weighted by Gasteiger charge is 2.17. The number of carbonyl (C=O) groups is 1. The third kappa shape index (κ3) is 7.59. The Kier molecular flexibility index (Phi) is 8.24. The molecule has 1 saturated carbocycles. The maximum Gasteiger partial charge on any atom is 0.258 e. The summed E-state index contributed by atoms with van der Waals surface area (Å²) in [5, 5.41) is 7.10. The first-order chi connectivity index (χ1) is 12.8. The Hall–Kier alpha value is -1.46. The molecule has 0 aromatic heterocycles. The molecule has 0 aliphatic heterocycles. The Labute approximate surface area is 168 Å². The Bertz CT molecular complexity index is 621. The molecule has 27 heavy (non-hydrogen) atoms. The van der Waals surface area contributed by atoms with Gasteiger partial charge in [0.25, 0.3) is 5.91 Å². The molecular weight excluding hydrogens is 364 g/mol. The number of hydrogen-bond donors (Lipinski definition) is 2. The molecule has 0 bridgehead atoms. The van der Waals surface area contributed by atoms with Crippen LogP contribution in [0.2, 0.25) is 5.02 Å². The molecule has 1 aromatic rings. The van der Waals surface area contributed by atoms with Crippen LogP contribution in [0.1, 0.15) is 64.9 Å². The number of nitrogens with one attached hydrogen (secondary N) is 2. The predicted molar refractivity (Wildman–Crippen MR) is 110 cm³/mol. The van der Waals surface area contributed by atoms with Crippen molar-refractivity contribution in [3.63, 3.8) is 0 Å². The summed E-state index contributed by atoms with van der Waals surface area (Å²) in [5.41, 5.74) is 0.680. The Morgan fingerprint density at radius 2 is 1.81 bits per heavy atom. The molecule has 0 atom stereocenters. The van der Waals surface area contributed by atoms with Crippen molar-refractivity contribution < 1.29 is 14.3 Å². The smallest absolute Gasteiger partial charge is 0.258 e. The van der Waals surface area contributed by atoms with Gasteiger partial charge in [0.05, 0.1) is 7.11 Å². The molecule has 1 aliphatic carbocycles. The van der Waals surface area contributed by atoms with E-state index in [4.69, 9.17) is 21.1 Å². The summed E-state index contributed by atoms with van der Waals surface area (Å²) in [6.45, 7) is 6.41. The summed E-state index contributed by atoms with van der Waals surface area (Å²) >= 11 is 6.45. The molecule has 152 valence electrons. The zero-order chi connectivity index (χ0) is 19.9. The second-order valence-corrected chi connectivity index (χ2v) is 8.66. The van der Waals surface area contributed by atoms with Gasteiger partial charge in [0.15, 0.2) is 18.1 Å². The largest absolute Gasteiger partial charge is 0.493 e. The van der Waals surface area contributed by atoms with Crippen molar-refractivity contribution in [3.8, 4) is 11.5 Å². The van der Waals surface area contributed by atoms with Gasteiger partial charge in [-0.05, 0) is 45.2 Å². The van der Waals surface area contributed by atoms with Crippen LogP contribution in [-0.4, -0.2) is 31.2 Å². The molecule has 1 fully saturated rings. The average molecular weight is 397 g/mol. The van der Waals surface area contributed by atoms with Crippen LogP contribution in [0.4, 0.5) is 0 Å². The summed E-state index contributed by atoms with van der Waals surface area (Å²) in [6, 6.07) is 4.17. The van der Waals surface area contributed by atoms with Gasteiger partial charge in [-0.3, -0.25) is 4.79 Å². The Morgan fingerprint density at radius 3 is 2.41 bits per heavy atom. The molecule has 5 nitrogen and oxygen atoms in total. The van der Waals surface area contributed by atoms with E-state index in [2.05, 4.69) is 10.6 Å². The maximum absolute atomic E-state index is 12.0. The minimum Gasteiger partial charge on any atom is -0.493 e. The first-order valence-electron chi connectivity index (χ1n) is 9.82. The lowest BCUT2D eigenvalue weighted by atomic mass is 10.1. The molecule has 1 aliphatic rings. The lowest BCUT2D eigenvalue weighted by Crippen LogP contribution is -2.43. The van der Waals surface area contributed by atoms with E-state index in [0.717, 1.165) is 5.56 Å². The Balaban J connectivity index is 1.97. The molecule has 0 heterocycles. The second kappa shape index (κ2) is 10.2. The van der Waals surface area contributed by atoms with Crippen LogP contribution in [0.15, 0.2) is 12.1 Å². The van der Waals surface area contributed by atoms with Crippen LogP contribution >= 0.6 is 11.6 Å². The first kappa shape index (κ1) is 21.8. The van der Waals surface area contributed by atoms with Crippen molar-refractivity contribution in [3.05, 3.63) is 22.7 Å². The monoisotopic (exact) mass is 396 g/mol. The molecule has 2 rings (SSSR count). The number of ether oxygens (including phenoxy) is 2. The predicted octanol–water partition coefficient (Wildman–Crippen LogP) is 4.45. The van der Waals surface area contributed by atoms with Crippen molar-refractivity contribution in [2.45, 2.75) is 77.4 Å². The summed E-state index contributed by atoms with van der Waals surface area (Å²) < 4.78 is 11.1. The average Bonchev–Trinajstić information content (AvgIpc) is 2.86. The first-order valence-corrected chi connectivity index (χ1v) is 10.2. The number of rotatable bonds is 7. The molecule has 0 saturated heterocycles. The van der Waals surface area contributed by atoms with Crippen molar-refractivity contribution in [1.82, 2.24) is 10.6 Å². The molecule has 2 N–H and O–H groups in total. The minimum atomic E-state index is -0.296. The topological polar surface area (TPSA) is 59.6 Å². The van der Waals surface area contributed by atoms with E-state index in [1.165, 1.54) is 38.5 Å². The van der Waals surface area contributed by atoms with Crippen LogP contribution in [0.5, 0.6) is 11.5 Å².